The minimum absolute atomic E-state index is 0.0893. The second-order valence-electron chi connectivity index (χ2n) is 3.42. The van der Waals surface area contributed by atoms with Gasteiger partial charge in [-0.3, -0.25) is 4.79 Å². The number of benzene rings is 1. The molecule has 1 unspecified atom stereocenters. The Morgan fingerprint density at radius 3 is 2.67 bits per heavy atom. The molecular formula is C12H17NO2. The van der Waals surface area contributed by atoms with Gasteiger partial charge in [-0.1, -0.05) is 18.2 Å². The molecule has 0 radical (unpaired) electrons. The fourth-order valence-corrected chi connectivity index (χ4v) is 1.34. The maximum Gasteiger partial charge on any atom is 0.307 e. The zero-order valence-electron chi connectivity index (χ0n) is 9.19. The maximum absolute atomic E-state index is 11.2. The normalized spacial score (nSPS) is 11.9. The minimum Gasteiger partial charge on any atom is -0.466 e. The molecule has 0 saturated heterocycles. The summed E-state index contributed by atoms with van der Waals surface area (Å²) in [6, 6.07) is 9.91. The van der Waals surface area contributed by atoms with Gasteiger partial charge in [0.1, 0.15) is 0 Å². The first-order chi connectivity index (χ1) is 7.22. The van der Waals surface area contributed by atoms with Crippen molar-refractivity contribution in [1.29, 1.82) is 0 Å². The van der Waals surface area contributed by atoms with Crippen molar-refractivity contribution in [2.45, 2.75) is 26.3 Å². The van der Waals surface area contributed by atoms with E-state index in [0.29, 0.717) is 13.0 Å². The lowest BCUT2D eigenvalue weighted by atomic mass is 10.2. The quantitative estimate of drug-likeness (QED) is 0.754. The van der Waals surface area contributed by atoms with Crippen molar-refractivity contribution in [3.8, 4) is 0 Å². The highest BCUT2D eigenvalue weighted by atomic mass is 16.5. The number of hydrogen-bond acceptors (Lipinski definition) is 3. The van der Waals surface area contributed by atoms with Crippen molar-refractivity contribution in [3.05, 3.63) is 30.3 Å². The van der Waals surface area contributed by atoms with Crippen molar-refractivity contribution < 1.29 is 9.53 Å². The highest BCUT2D eigenvalue weighted by molar-refractivity contribution is 5.70. The Morgan fingerprint density at radius 2 is 2.07 bits per heavy atom. The third-order valence-electron chi connectivity index (χ3n) is 1.97. The Kier molecular flexibility index (Phi) is 4.68. The fraction of sp³-hybridized carbons (Fsp3) is 0.417. The molecule has 1 aromatic carbocycles. The van der Waals surface area contributed by atoms with E-state index in [1.54, 1.807) is 0 Å². The molecular weight excluding hydrogens is 190 g/mol. The fourth-order valence-electron chi connectivity index (χ4n) is 1.34. The Labute approximate surface area is 90.4 Å². The van der Waals surface area contributed by atoms with Crippen LogP contribution in [0.3, 0.4) is 0 Å². The molecule has 0 aliphatic rings. The Hall–Kier alpha value is -1.51. The Balaban J connectivity index is 2.36. The summed E-state index contributed by atoms with van der Waals surface area (Å²) < 4.78 is 4.87. The molecule has 82 valence electrons. The van der Waals surface area contributed by atoms with Crippen LogP contribution in [0.1, 0.15) is 20.3 Å². The SMILES string of the molecule is CCOC(=O)CC(C)Nc1ccccc1. The summed E-state index contributed by atoms with van der Waals surface area (Å²) in [6.07, 6.45) is 0.392. The lowest BCUT2D eigenvalue weighted by Gasteiger charge is -2.14. The van der Waals surface area contributed by atoms with E-state index in [0.717, 1.165) is 5.69 Å². The molecule has 0 heterocycles. The summed E-state index contributed by atoms with van der Waals surface area (Å²) in [5.74, 6) is -0.159. The highest BCUT2D eigenvalue weighted by Gasteiger charge is 2.08. The van der Waals surface area contributed by atoms with Gasteiger partial charge in [0.2, 0.25) is 0 Å². The molecule has 0 aliphatic carbocycles. The lowest BCUT2D eigenvalue weighted by Crippen LogP contribution is -2.20. The number of rotatable bonds is 5. The van der Waals surface area contributed by atoms with Crippen LogP contribution in [0.5, 0.6) is 0 Å². The Morgan fingerprint density at radius 1 is 1.40 bits per heavy atom. The standard InChI is InChI=1S/C12H17NO2/c1-3-15-12(14)9-10(2)13-11-7-5-4-6-8-11/h4-8,10,13H,3,9H2,1-2H3. The summed E-state index contributed by atoms with van der Waals surface area (Å²) in [4.78, 5) is 11.2. The minimum atomic E-state index is -0.159. The van der Waals surface area contributed by atoms with E-state index in [4.69, 9.17) is 4.74 Å². The van der Waals surface area contributed by atoms with Crippen molar-refractivity contribution >= 4 is 11.7 Å². The van der Waals surface area contributed by atoms with Crippen LogP contribution in [0.25, 0.3) is 0 Å². The largest absolute Gasteiger partial charge is 0.466 e. The molecule has 0 fully saturated rings. The molecule has 0 aliphatic heterocycles. The predicted octanol–water partition coefficient (Wildman–Crippen LogP) is 2.44. The van der Waals surface area contributed by atoms with Gasteiger partial charge in [-0.25, -0.2) is 0 Å². The Bertz CT molecular complexity index is 298. The van der Waals surface area contributed by atoms with Gasteiger partial charge in [-0.15, -0.1) is 0 Å². The molecule has 0 amide bonds. The number of carbonyl (C=O) groups excluding carboxylic acids is 1. The third-order valence-corrected chi connectivity index (χ3v) is 1.97. The number of anilines is 1. The molecule has 0 aromatic heterocycles. The predicted molar refractivity (Wildman–Crippen MR) is 60.8 cm³/mol. The molecule has 3 heteroatoms. The average molecular weight is 207 g/mol. The molecule has 1 rings (SSSR count). The van der Waals surface area contributed by atoms with E-state index >= 15 is 0 Å². The van der Waals surface area contributed by atoms with E-state index in [1.165, 1.54) is 0 Å². The summed E-state index contributed by atoms with van der Waals surface area (Å²) in [6.45, 7) is 4.22. The molecule has 3 nitrogen and oxygen atoms in total. The average Bonchev–Trinajstić information content (AvgIpc) is 2.19. The first kappa shape index (κ1) is 11.6. The molecule has 1 atom stereocenters. The van der Waals surface area contributed by atoms with Gasteiger partial charge in [0, 0.05) is 11.7 Å². The first-order valence-corrected chi connectivity index (χ1v) is 5.19. The van der Waals surface area contributed by atoms with E-state index in [9.17, 15) is 4.79 Å². The second kappa shape index (κ2) is 6.06. The number of hydrogen-bond donors (Lipinski definition) is 1. The summed E-state index contributed by atoms with van der Waals surface area (Å²) in [7, 11) is 0. The van der Waals surface area contributed by atoms with Gasteiger partial charge in [0.05, 0.1) is 13.0 Å². The van der Waals surface area contributed by atoms with Crippen molar-refractivity contribution in [3.63, 3.8) is 0 Å². The number of esters is 1. The smallest absolute Gasteiger partial charge is 0.307 e. The van der Waals surface area contributed by atoms with Gasteiger partial charge in [0.15, 0.2) is 0 Å². The molecule has 0 spiro atoms. The van der Waals surface area contributed by atoms with Crippen LogP contribution in [0, 0.1) is 0 Å². The number of ether oxygens (including phenoxy) is 1. The monoisotopic (exact) mass is 207 g/mol. The zero-order valence-corrected chi connectivity index (χ0v) is 9.19. The van der Waals surface area contributed by atoms with E-state index in [-0.39, 0.29) is 12.0 Å². The third kappa shape index (κ3) is 4.49. The molecule has 15 heavy (non-hydrogen) atoms. The molecule has 0 saturated carbocycles. The van der Waals surface area contributed by atoms with Gasteiger partial charge in [-0.2, -0.15) is 0 Å². The number of para-hydroxylation sites is 1. The van der Waals surface area contributed by atoms with Crippen LogP contribution in [-0.2, 0) is 9.53 Å². The second-order valence-corrected chi connectivity index (χ2v) is 3.42. The number of nitrogens with one attached hydrogen (secondary N) is 1. The van der Waals surface area contributed by atoms with Gasteiger partial charge >= 0.3 is 5.97 Å². The molecule has 1 N–H and O–H groups in total. The zero-order chi connectivity index (χ0) is 11.1. The van der Waals surface area contributed by atoms with E-state index < -0.39 is 0 Å². The van der Waals surface area contributed by atoms with Gasteiger partial charge in [-0.05, 0) is 26.0 Å². The number of carbonyl (C=O) groups is 1. The van der Waals surface area contributed by atoms with Crippen LogP contribution in [-0.4, -0.2) is 18.6 Å². The molecule has 0 bridgehead atoms. The molecule has 1 aromatic rings. The van der Waals surface area contributed by atoms with Crippen LogP contribution < -0.4 is 5.32 Å². The van der Waals surface area contributed by atoms with Crippen LogP contribution >= 0.6 is 0 Å². The van der Waals surface area contributed by atoms with Crippen molar-refractivity contribution in [2.24, 2.45) is 0 Å². The summed E-state index contributed by atoms with van der Waals surface area (Å²) >= 11 is 0. The van der Waals surface area contributed by atoms with E-state index in [2.05, 4.69) is 5.32 Å². The first-order valence-electron chi connectivity index (χ1n) is 5.19. The maximum atomic E-state index is 11.2. The summed E-state index contributed by atoms with van der Waals surface area (Å²) in [5.41, 5.74) is 1.02. The topological polar surface area (TPSA) is 38.3 Å². The van der Waals surface area contributed by atoms with Gasteiger partial charge < -0.3 is 10.1 Å². The van der Waals surface area contributed by atoms with Crippen LogP contribution in [0.4, 0.5) is 5.69 Å². The van der Waals surface area contributed by atoms with Crippen LogP contribution in [0.2, 0.25) is 0 Å². The van der Waals surface area contributed by atoms with Crippen molar-refractivity contribution in [1.82, 2.24) is 0 Å². The van der Waals surface area contributed by atoms with Crippen LogP contribution in [0.15, 0.2) is 30.3 Å². The van der Waals surface area contributed by atoms with Crippen molar-refractivity contribution in [2.75, 3.05) is 11.9 Å². The lowest BCUT2D eigenvalue weighted by molar-refractivity contribution is -0.143. The summed E-state index contributed by atoms with van der Waals surface area (Å²) in [5, 5.41) is 3.23. The highest BCUT2D eigenvalue weighted by Crippen LogP contribution is 2.08. The van der Waals surface area contributed by atoms with E-state index in [1.807, 2.05) is 44.2 Å². The van der Waals surface area contributed by atoms with Gasteiger partial charge in [0.25, 0.3) is 0 Å².